The maximum absolute atomic E-state index is 14.7. The van der Waals surface area contributed by atoms with Crippen molar-refractivity contribution in [1.29, 1.82) is 0 Å². The lowest BCUT2D eigenvalue weighted by Gasteiger charge is -2.20. The van der Waals surface area contributed by atoms with E-state index in [0.29, 0.717) is 11.6 Å². The van der Waals surface area contributed by atoms with Crippen LogP contribution in [0.25, 0.3) is 26.2 Å². The molecule has 0 unspecified atom stereocenters. The molecule has 6 heteroatoms. The number of halogens is 1. The molecule has 0 atom stereocenters. The van der Waals surface area contributed by atoms with E-state index < -0.39 is 0 Å². The summed E-state index contributed by atoms with van der Waals surface area (Å²) >= 11 is 1.65. The minimum Gasteiger partial charge on any atom is -0.317 e. The Balaban J connectivity index is 1.59. The van der Waals surface area contributed by atoms with Gasteiger partial charge in [0.15, 0.2) is 11.5 Å². The molecule has 5 heterocycles. The Hall–Kier alpha value is -2.31. The van der Waals surface area contributed by atoms with E-state index in [-0.39, 0.29) is 5.82 Å². The normalized spacial score (nSPS) is 16.0. The van der Waals surface area contributed by atoms with Crippen molar-refractivity contribution in [2.45, 2.75) is 18.8 Å². The third-order valence-electron chi connectivity index (χ3n) is 4.88. The molecule has 1 N–H and O–H groups in total. The van der Waals surface area contributed by atoms with E-state index in [9.17, 15) is 4.39 Å². The van der Waals surface area contributed by atoms with Gasteiger partial charge in [0.05, 0.1) is 5.69 Å². The van der Waals surface area contributed by atoms with Gasteiger partial charge in [0.25, 0.3) is 0 Å². The molecule has 1 aliphatic heterocycles. The number of thiophene rings is 1. The Morgan fingerprint density at radius 3 is 2.92 bits per heavy atom. The summed E-state index contributed by atoms with van der Waals surface area (Å²) in [7, 11) is 0. The second-order valence-corrected chi connectivity index (χ2v) is 7.61. The van der Waals surface area contributed by atoms with Gasteiger partial charge in [-0.3, -0.25) is 4.98 Å². The van der Waals surface area contributed by atoms with E-state index in [1.807, 2.05) is 29.1 Å². The van der Waals surface area contributed by atoms with Crippen molar-refractivity contribution in [3.05, 3.63) is 54.5 Å². The van der Waals surface area contributed by atoms with Crippen molar-refractivity contribution in [2.75, 3.05) is 13.1 Å². The number of hydrogen-bond donors (Lipinski definition) is 1. The first-order valence-electron chi connectivity index (χ1n) is 8.51. The minimum absolute atomic E-state index is 0.270. The zero-order valence-electron chi connectivity index (χ0n) is 13.6. The van der Waals surface area contributed by atoms with Crippen LogP contribution in [0.3, 0.4) is 0 Å². The van der Waals surface area contributed by atoms with E-state index in [1.165, 1.54) is 0 Å². The Morgan fingerprint density at radius 1 is 1.20 bits per heavy atom. The van der Waals surface area contributed by atoms with E-state index in [4.69, 9.17) is 0 Å². The van der Waals surface area contributed by atoms with Crippen LogP contribution in [-0.2, 0) is 0 Å². The first kappa shape index (κ1) is 15.0. The summed E-state index contributed by atoms with van der Waals surface area (Å²) in [6.07, 6.45) is 9.72. The van der Waals surface area contributed by atoms with Gasteiger partial charge >= 0.3 is 0 Å². The molecule has 0 saturated carbocycles. The van der Waals surface area contributed by atoms with Gasteiger partial charge in [0, 0.05) is 51.2 Å². The number of aromatic nitrogens is 3. The predicted molar refractivity (Wildman–Crippen MR) is 98.6 cm³/mol. The van der Waals surface area contributed by atoms with Gasteiger partial charge < -0.3 is 9.72 Å². The summed E-state index contributed by atoms with van der Waals surface area (Å²) in [6, 6.07) is 5.65. The molecule has 0 radical (unpaired) electrons. The van der Waals surface area contributed by atoms with Crippen LogP contribution in [0.2, 0.25) is 0 Å². The van der Waals surface area contributed by atoms with E-state index in [2.05, 4.69) is 21.4 Å². The van der Waals surface area contributed by atoms with Gasteiger partial charge in [-0.05, 0) is 44.1 Å². The summed E-state index contributed by atoms with van der Waals surface area (Å²) < 4.78 is 17.7. The van der Waals surface area contributed by atoms with Crippen molar-refractivity contribution in [3.63, 3.8) is 0 Å². The Kier molecular flexibility index (Phi) is 3.53. The highest BCUT2D eigenvalue weighted by molar-refractivity contribution is 7.22. The lowest BCUT2D eigenvalue weighted by Crippen LogP contribution is -2.26. The van der Waals surface area contributed by atoms with Crippen LogP contribution in [0.15, 0.2) is 43.0 Å². The first-order chi connectivity index (χ1) is 12.3. The number of pyridine rings is 2. The van der Waals surface area contributed by atoms with Crippen molar-refractivity contribution in [1.82, 2.24) is 19.7 Å². The summed E-state index contributed by atoms with van der Waals surface area (Å²) in [4.78, 5) is 9.76. The Bertz CT molecular complexity index is 1030. The molecule has 0 amide bonds. The predicted octanol–water partition coefficient (Wildman–Crippen LogP) is 4.22. The second kappa shape index (κ2) is 5.89. The summed E-state index contributed by atoms with van der Waals surface area (Å²) in [6.45, 7) is 2.00. The second-order valence-electron chi connectivity index (χ2n) is 6.52. The Labute approximate surface area is 148 Å². The molecule has 0 aromatic carbocycles. The molecule has 1 fully saturated rings. The highest BCUT2D eigenvalue weighted by Crippen LogP contribution is 2.34. The smallest absolute Gasteiger partial charge is 0.173 e. The molecular formula is C19H17FN4S. The molecule has 126 valence electrons. The number of piperidine rings is 1. The molecule has 5 rings (SSSR count). The van der Waals surface area contributed by atoms with Crippen LogP contribution in [0, 0.1) is 5.82 Å². The van der Waals surface area contributed by atoms with Gasteiger partial charge in [-0.2, -0.15) is 0 Å². The number of hydrogen-bond acceptors (Lipinski definition) is 4. The van der Waals surface area contributed by atoms with Crippen molar-refractivity contribution in [2.24, 2.45) is 0 Å². The standard InChI is InChI=1S/C19H17FN4S/c20-15-7-14(18-8-13-9-22-6-3-17(13)25-18)10-24-11-16(23-19(15)24)12-1-4-21-5-2-12/h3,6-12,21H,1-2,4-5H2. The maximum atomic E-state index is 14.7. The molecule has 4 aromatic rings. The lowest BCUT2D eigenvalue weighted by molar-refractivity contribution is 0.454. The number of imidazole rings is 1. The maximum Gasteiger partial charge on any atom is 0.173 e. The largest absolute Gasteiger partial charge is 0.317 e. The van der Waals surface area contributed by atoms with Crippen LogP contribution < -0.4 is 5.32 Å². The van der Waals surface area contributed by atoms with E-state index in [1.54, 1.807) is 23.6 Å². The number of rotatable bonds is 2. The van der Waals surface area contributed by atoms with Gasteiger partial charge in [-0.25, -0.2) is 9.37 Å². The van der Waals surface area contributed by atoms with E-state index in [0.717, 1.165) is 52.2 Å². The SMILES string of the molecule is Fc1cc(-c2cc3cnccc3s2)cn2cc(C3CCNCC3)nc12. The average molecular weight is 352 g/mol. The molecule has 4 aromatic heterocycles. The molecule has 1 aliphatic rings. The zero-order chi connectivity index (χ0) is 16.8. The van der Waals surface area contributed by atoms with Crippen molar-refractivity contribution < 1.29 is 4.39 Å². The first-order valence-corrected chi connectivity index (χ1v) is 9.32. The summed E-state index contributed by atoms with van der Waals surface area (Å²) in [5.41, 5.74) is 2.29. The van der Waals surface area contributed by atoms with Crippen LogP contribution in [0.1, 0.15) is 24.5 Å². The Morgan fingerprint density at radius 2 is 2.08 bits per heavy atom. The van der Waals surface area contributed by atoms with Gasteiger partial charge in [-0.15, -0.1) is 11.3 Å². The van der Waals surface area contributed by atoms with Crippen LogP contribution in [0.4, 0.5) is 4.39 Å². The fraction of sp³-hybridized carbons (Fsp3) is 0.263. The van der Waals surface area contributed by atoms with Crippen LogP contribution >= 0.6 is 11.3 Å². The third kappa shape index (κ3) is 2.62. The fourth-order valence-electron chi connectivity index (χ4n) is 3.55. The van der Waals surface area contributed by atoms with Gasteiger partial charge in [0.2, 0.25) is 0 Å². The van der Waals surface area contributed by atoms with Gasteiger partial charge in [0.1, 0.15) is 0 Å². The molecule has 4 nitrogen and oxygen atoms in total. The van der Waals surface area contributed by atoms with Crippen molar-refractivity contribution >= 4 is 27.1 Å². The lowest BCUT2D eigenvalue weighted by atomic mass is 9.95. The zero-order valence-corrected chi connectivity index (χ0v) is 14.4. The molecule has 1 saturated heterocycles. The number of fused-ring (bicyclic) bond motifs is 2. The van der Waals surface area contributed by atoms with Gasteiger partial charge in [-0.1, -0.05) is 0 Å². The molecule has 0 spiro atoms. The van der Waals surface area contributed by atoms with Crippen LogP contribution in [0.5, 0.6) is 0 Å². The third-order valence-corrected chi connectivity index (χ3v) is 6.05. The van der Waals surface area contributed by atoms with Crippen LogP contribution in [-0.4, -0.2) is 27.5 Å². The number of nitrogens with zero attached hydrogens (tertiary/aromatic N) is 3. The summed E-state index contributed by atoms with van der Waals surface area (Å²) in [5, 5.41) is 4.45. The fourth-order valence-corrected chi connectivity index (χ4v) is 4.56. The molecular weight excluding hydrogens is 335 g/mol. The number of nitrogens with one attached hydrogen (secondary N) is 1. The minimum atomic E-state index is -0.270. The van der Waals surface area contributed by atoms with E-state index >= 15 is 0 Å². The molecule has 25 heavy (non-hydrogen) atoms. The average Bonchev–Trinajstić information content (AvgIpc) is 3.26. The monoisotopic (exact) mass is 352 g/mol. The molecule has 0 bridgehead atoms. The highest BCUT2D eigenvalue weighted by Gasteiger charge is 2.19. The quantitative estimate of drug-likeness (QED) is 0.587. The topological polar surface area (TPSA) is 42.2 Å². The van der Waals surface area contributed by atoms with Crippen molar-refractivity contribution in [3.8, 4) is 10.4 Å². The summed E-state index contributed by atoms with van der Waals surface area (Å²) in [5.74, 6) is 0.146. The molecule has 0 aliphatic carbocycles. The highest BCUT2D eigenvalue weighted by atomic mass is 32.1.